The molecule has 0 fully saturated rings. The number of carbonyl (C=O) groups excluding carboxylic acids is 1. The third kappa shape index (κ3) is 4.66. The molecule has 0 aliphatic carbocycles. The first-order valence-electron chi connectivity index (χ1n) is 10.3. The second-order valence-corrected chi connectivity index (χ2v) is 7.38. The first kappa shape index (κ1) is 21.5. The Morgan fingerprint density at radius 2 is 2.03 bits per heavy atom. The monoisotopic (exact) mass is 404 g/mol. The van der Waals surface area contributed by atoms with Crippen molar-refractivity contribution in [2.45, 2.75) is 47.1 Å². The summed E-state index contributed by atoms with van der Waals surface area (Å²) in [5, 5.41) is 16.5. The molecule has 1 amide bonds. The van der Waals surface area contributed by atoms with Crippen molar-refractivity contribution in [1.82, 2.24) is 19.5 Å². The lowest BCUT2D eigenvalue weighted by Crippen LogP contribution is -2.22. The van der Waals surface area contributed by atoms with Crippen LogP contribution in [0.3, 0.4) is 0 Å². The zero-order valence-electron chi connectivity index (χ0n) is 18.1. The highest BCUT2D eigenvalue weighted by Gasteiger charge is 2.15. The van der Waals surface area contributed by atoms with E-state index in [9.17, 15) is 10.1 Å². The fourth-order valence-corrected chi connectivity index (χ4v) is 3.67. The fraction of sp³-hybridized carbons (Fsp3) is 0.391. The molecule has 3 rings (SSSR count). The lowest BCUT2D eigenvalue weighted by Gasteiger charge is -2.18. The molecule has 1 N–H and O–H groups in total. The molecule has 0 radical (unpaired) electrons. The van der Waals surface area contributed by atoms with Gasteiger partial charge in [-0.2, -0.15) is 10.4 Å². The molecule has 30 heavy (non-hydrogen) atoms. The van der Waals surface area contributed by atoms with E-state index in [0.717, 1.165) is 42.3 Å². The number of carbonyl (C=O) groups is 1. The van der Waals surface area contributed by atoms with Crippen molar-refractivity contribution in [3.05, 3.63) is 58.5 Å². The molecule has 1 aromatic carbocycles. The van der Waals surface area contributed by atoms with Crippen LogP contribution in [0.25, 0.3) is 5.65 Å². The minimum atomic E-state index is -0.0351. The predicted molar refractivity (Wildman–Crippen MR) is 117 cm³/mol. The van der Waals surface area contributed by atoms with Crippen molar-refractivity contribution in [3.63, 3.8) is 0 Å². The van der Waals surface area contributed by atoms with Gasteiger partial charge in [0.15, 0.2) is 5.65 Å². The lowest BCUT2D eigenvalue weighted by atomic mass is 10.1. The average molecular weight is 405 g/mol. The zero-order chi connectivity index (χ0) is 21.7. The predicted octanol–water partition coefficient (Wildman–Crippen LogP) is 3.63. The largest absolute Gasteiger partial charge is 0.326 e. The van der Waals surface area contributed by atoms with E-state index in [1.54, 1.807) is 4.52 Å². The van der Waals surface area contributed by atoms with Crippen molar-refractivity contribution in [2.75, 3.05) is 18.4 Å². The van der Waals surface area contributed by atoms with E-state index in [-0.39, 0.29) is 5.91 Å². The van der Waals surface area contributed by atoms with Crippen LogP contribution < -0.4 is 5.32 Å². The maximum Gasteiger partial charge on any atom is 0.224 e. The summed E-state index contributed by atoms with van der Waals surface area (Å²) in [4.78, 5) is 19.4. The van der Waals surface area contributed by atoms with Crippen LogP contribution in [0.1, 0.15) is 48.3 Å². The Labute approximate surface area is 177 Å². The summed E-state index contributed by atoms with van der Waals surface area (Å²) in [5.41, 5.74) is 5.74. The van der Waals surface area contributed by atoms with Gasteiger partial charge in [-0.3, -0.25) is 9.69 Å². The Kier molecular flexibility index (Phi) is 6.80. The number of amides is 1. The van der Waals surface area contributed by atoms with E-state index >= 15 is 0 Å². The molecule has 0 saturated heterocycles. The Balaban J connectivity index is 1.67. The van der Waals surface area contributed by atoms with Gasteiger partial charge in [-0.25, -0.2) is 9.50 Å². The number of fused-ring (bicyclic) bond motifs is 1. The topological polar surface area (TPSA) is 86.3 Å². The van der Waals surface area contributed by atoms with Crippen LogP contribution in [0.15, 0.2) is 30.5 Å². The third-order valence-electron chi connectivity index (χ3n) is 5.44. The van der Waals surface area contributed by atoms with E-state index in [0.29, 0.717) is 24.1 Å². The van der Waals surface area contributed by atoms with Crippen LogP contribution in [0.4, 0.5) is 5.69 Å². The van der Waals surface area contributed by atoms with Crippen LogP contribution in [-0.4, -0.2) is 38.5 Å². The highest BCUT2D eigenvalue weighted by Crippen LogP contribution is 2.19. The number of rotatable bonds is 8. The average Bonchev–Trinajstić information content (AvgIpc) is 3.15. The quantitative estimate of drug-likeness (QED) is 0.619. The molecular weight excluding hydrogens is 376 g/mol. The number of nitriles is 1. The maximum atomic E-state index is 12.6. The van der Waals surface area contributed by atoms with Crippen molar-refractivity contribution in [2.24, 2.45) is 0 Å². The standard InChI is InChI=1S/C23H28N6O/c1-5-28(6-2)15-18-8-7-9-20(12-18)27-22(30)11-10-21-16(3)26-23-19(13-24)14-25-29(23)17(21)4/h7-9,12,14H,5-6,10-11,15H2,1-4H3,(H,27,30). The number of hydrogen-bond donors (Lipinski definition) is 1. The van der Waals surface area contributed by atoms with Gasteiger partial charge in [0.05, 0.1) is 6.20 Å². The molecule has 7 nitrogen and oxygen atoms in total. The molecule has 0 saturated carbocycles. The number of nitrogens with one attached hydrogen (secondary N) is 1. The first-order chi connectivity index (χ1) is 14.5. The first-order valence-corrected chi connectivity index (χ1v) is 10.3. The summed E-state index contributed by atoms with van der Waals surface area (Å²) >= 11 is 0. The Hall–Kier alpha value is -3.24. The van der Waals surface area contributed by atoms with Crippen LogP contribution >= 0.6 is 0 Å². The Morgan fingerprint density at radius 3 is 2.73 bits per heavy atom. The van der Waals surface area contributed by atoms with E-state index in [4.69, 9.17) is 0 Å². The number of nitrogens with zero attached hydrogens (tertiary/aromatic N) is 5. The fourth-order valence-electron chi connectivity index (χ4n) is 3.67. The van der Waals surface area contributed by atoms with Crippen molar-refractivity contribution in [1.29, 1.82) is 5.26 Å². The summed E-state index contributed by atoms with van der Waals surface area (Å²) in [6.07, 6.45) is 2.44. The SMILES string of the molecule is CCN(CC)Cc1cccc(NC(=O)CCc2c(C)nc3c(C#N)cnn3c2C)c1. The van der Waals surface area contributed by atoms with Gasteiger partial charge in [0.25, 0.3) is 0 Å². The highest BCUT2D eigenvalue weighted by atomic mass is 16.1. The number of aromatic nitrogens is 3. The summed E-state index contributed by atoms with van der Waals surface area (Å²) in [6.45, 7) is 11.0. The van der Waals surface area contributed by atoms with Crippen molar-refractivity contribution >= 4 is 17.2 Å². The molecular formula is C23H28N6O. The van der Waals surface area contributed by atoms with Gasteiger partial charge >= 0.3 is 0 Å². The lowest BCUT2D eigenvalue weighted by molar-refractivity contribution is -0.116. The smallest absolute Gasteiger partial charge is 0.224 e. The molecule has 156 valence electrons. The number of anilines is 1. The molecule has 2 aromatic heterocycles. The van der Waals surface area contributed by atoms with E-state index in [1.807, 2.05) is 32.0 Å². The van der Waals surface area contributed by atoms with Crippen LogP contribution in [0.2, 0.25) is 0 Å². The summed E-state index contributed by atoms with van der Waals surface area (Å²) in [5.74, 6) is -0.0351. The molecule has 0 bridgehead atoms. The molecule has 0 spiro atoms. The van der Waals surface area contributed by atoms with Crippen LogP contribution in [0.5, 0.6) is 0 Å². The van der Waals surface area contributed by atoms with Gasteiger partial charge in [-0.05, 0) is 56.6 Å². The van der Waals surface area contributed by atoms with E-state index in [2.05, 4.69) is 46.3 Å². The summed E-state index contributed by atoms with van der Waals surface area (Å²) < 4.78 is 1.68. The number of aryl methyl sites for hydroxylation is 2. The van der Waals surface area contributed by atoms with Crippen molar-refractivity contribution in [3.8, 4) is 6.07 Å². The molecule has 7 heteroatoms. The van der Waals surface area contributed by atoms with Crippen LogP contribution in [-0.2, 0) is 17.8 Å². The number of hydrogen-bond acceptors (Lipinski definition) is 5. The summed E-state index contributed by atoms with van der Waals surface area (Å²) in [6, 6.07) is 10.1. The van der Waals surface area contributed by atoms with Gasteiger partial charge in [0.2, 0.25) is 5.91 Å². The Bertz CT molecular complexity index is 1090. The van der Waals surface area contributed by atoms with Gasteiger partial charge in [-0.1, -0.05) is 26.0 Å². The molecule has 0 atom stereocenters. The van der Waals surface area contributed by atoms with E-state index in [1.165, 1.54) is 11.8 Å². The molecule has 2 heterocycles. The molecule has 0 aliphatic heterocycles. The van der Waals surface area contributed by atoms with E-state index < -0.39 is 0 Å². The van der Waals surface area contributed by atoms with Gasteiger partial charge in [-0.15, -0.1) is 0 Å². The summed E-state index contributed by atoms with van der Waals surface area (Å²) in [7, 11) is 0. The molecule has 0 unspecified atom stereocenters. The minimum absolute atomic E-state index is 0.0351. The van der Waals surface area contributed by atoms with Gasteiger partial charge < -0.3 is 5.32 Å². The van der Waals surface area contributed by atoms with Crippen molar-refractivity contribution < 1.29 is 4.79 Å². The van der Waals surface area contributed by atoms with Gasteiger partial charge in [0, 0.05) is 30.0 Å². The second-order valence-electron chi connectivity index (χ2n) is 7.38. The normalized spacial score (nSPS) is 11.1. The molecule has 3 aromatic rings. The third-order valence-corrected chi connectivity index (χ3v) is 5.44. The zero-order valence-corrected chi connectivity index (χ0v) is 18.1. The second kappa shape index (κ2) is 9.51. The van der Waals surface area contributed by atoms with Crippen LogP contribution in [0, 0.1) is 25.2 Å². The number of benzene rings is 1. The Morgan fingerprint density at radius 1 is 1.27 bits per heavy atom. The minimum Gasteiger partial charge on any atom is -0.326 e. The highest BCUT2D eigenvalue weighted by molar-refractivity contribution is 5.90. The van der Waals surface area contributed by atoms with Gasteiger partial charge in [0.1, 0.15) is 11.6 Å². The maximum absolute atomic E-state index is 12.6. The molecule has 0 aliphatic rings.